The Morgan fingerprint density at radius 2 is 1.77 bits per heavy atom. The number of fused-ring (bicyclic) bond motifs is 1. The Balaban J connectivity index is 1.54. The van der Waals surface area contributed by atoms with Crippen molar-refractivity contribution in [2.45, 2.75) is 0 Å². The molecule has 12 nitrogen and oxygen atoms in total. The summed E-state index contributed by atoms with van der Waals surface area (Å²) in [4.78, 5) is 44.7. The van der Waals surface area contributed by atoms with Crippen LogP contribution in [-0.4, -0.2) is 50.1 Å². The molecule has 0 saturated heterocycles. The third-order valence-corrected chi connectivity index (χ3v) is 5.69. The number of hydrogen-bond donors (Lipinski definition) is 2. The van der Waals surface area contributed by atoms with Crippen molar-refractivity contribution in [3.05, 3.63) is 95.9 Å². The summed E-state index contributed by atoms with van der Waals surface area (Å²) in [5.41, 5.74) is 0.791. The fourth-order valence-corrected chi connectivity index (χ4v) is 3.78. The smallest absolute Gasteiger partial charge is 0.337 e. The Morgan fingerprint density at radius 1 is 1.03 bits per heavy atom. The average Bonchev–Trinajstić information content (AvgIpc) is 3.39. The van der Waals surface area contributed by atoms with E-state index in [9.17, 15) is 19.5 Å². The molecule has 3 aromatic carbocycles. The molecular weight excluding hydrogens is 502 g/mol. The molecule has 5 aromatic rings. The van der Waals surface area contributed by atoms with E-state index in [2.05, 4.69) is 35.3 Å². The van der Waals surface area contributed by atoms with Gasteiger partial charge in [-0.25, -0.2) is 14.8 Å². The Labute approximate surface area is 220 Å². The standard InChI is InChI=1S/C27H19N7O5/c1-39-26(38)16-7-9-19(10-8-16)31-25(37)21-13-17-5-2-3-6-20(17)22(23(21)36)32-33-24-18(15-35)14-30-34(24)27-28-11-4-12-29-27/h2-15,36H,1H3,(H,31,37). The lowest BCUT2D eigenvalue weighted by molar-refractivity contribution is 0.0600. The number of azo groups is 1. The number of aromatic nitrogens is 4. The molecule has 192 valence electrons. The van der Waals surface area contributed by atoms with Crippen molar-refractivity contribution < 1.29 is 24.2 Å². The monoisotopic (exact) mass is 521 g/mol. The lowest BCUT2D eigenvalue weighted by atomic mass is 10.0. The summed E-state index contributed by atoms with van der Waals surface area (Å²) in [6.07, 6.45) is 4.88. The van der Waals surface area contributed by atoms with Crippen molar-refractivity contribution in [2.75, 3.05) is 12.4 Å². The molecule has 0 spiro atoms. The summed E-state index contributed by atoms with van der Waals surface area (Å²) in [5, 5.41) is 27.5. The van der Waals surface area contributed by atoms with E-state index < -0.39 is 17.6 Å². The van der Waals surface area contributed by atoms with Crippen LogP contribution >= 0.6 is 0 Å². The van der Waals surface area contributed by atoms with E-state index in [1.165, 1.54) is 60.7 Å². The van der Waals surface area contributed by atoms with Crippen molar-refractivity contribution in [3.63, 3.8) is 0 Å². The summed E-state index contributed by atoms with van der Waals surface area (Å²) < 4.78 is 5.92. The number of phenols is 1. The van der Waals surface area contributed by atoms with Gasteiger partial charge >= 0.3 is 5.97 Å². The maximum Gasteiger partial charge on any atom is 0.337 e. The lowest BCUT2D eigenvalue weighted by Gasteiger charge is -2.11. The number of hydrogen-bond acceptors (Lipinski definition) is 10. The molecule has 0 unspecified atom stereocenters. The first kappa shape index (κ1) is 24.9. The van der Waals surface area contributed by atoms with Crippen LogP contribution in [0.2, 0.25) is 0 Å². The highest BCUT2D eigenvalue weighted by molar-refractivity contribution is 6.11. The molecule has 2 heterocycles. The second kappa shape index (κ2) is 10.7. The normalized spacial score (nSPS) is 11.0. The van der Waals surface area contributed by atoms with Gasteiger partial charge < -0.3 is 15.2 Å². The number of ether oxygens (including phenoxy) is 1. The van der Waals surface area contributed by atoms with Gasteiger partial charge in [-0.05, 0) is 41.8 Å². The topological polar surface area (TPSA) is 161 Å². The molecule has 2 N–H and O–H groups in total. The molecule has 0 aliphatic carbocycles. The molecule has 12 heteroatoms. The number of phenolic OH excluding ortho intramolecular Hbond substituents is 1. The van der Waals surface area contributed by atoms with Gasteiger partial charge in [-0.3, -0.25) is 9.59 Å². The average molecular weight is 521 g/mol. The summed E-state index contributed by atoms with van der Waals surface area (Å²) in [6, 6.07) is 16.2. The number of methoxy groups -OCH3 is 1. The minimum atomic E-state index is -0.614. The Hall–Kier alpha value is -5.78. The van der Waals surface area contributed by atoms with Gasteiger partial charge in [0.15, 0.2) is 17.9 Å². The third-order valence-electron chi connectivity index (χ3n) is 5.69. The number of rotatable bonds is 7. The molecule has 39 heavy (non-hydrogen) atoms. The Bertz CT molecular complexity index is 1730. The second-order valence-corrected chi connectivity index (χ2v) is 8.07. The molecule has 5 rings (SSSR count). The van der Waals surface area contributed by atoms with Gasteiger partial charge in [0, 0.05) is 23.5 Å². The highest BCUT2D eigenvalue weighted by Gasteiger charge is 2.20. The van der Waals surface area contributed by atoms with Crippen molar-refractivity contribution in [1.29, 1.82) is 0 Å². The number of nitrogens with zero attached hydrogens (tertiary/aromatic N) is 6. The third kappa shape index (κ3) is 4.93. The SMILES string of the molecule is COC(=O)c1ccc(NC(=O)c2cc3ccccc3c(N=Nc3c(C=O)cnn3-c3ncccn3)c2O)cc1. The summed E-state index contributed by atoms with van der Waals surface area (Å²) in [6.45, 7) is 0. The van der Waals surface area contributed by atoms with E-state index in [1.807, 2.05) is 0 Å². The van der Waals surface area contributed by atoms with E-state index in [1.54, 1.807) is 30.3 Å². The van der Waals surface area contributed by atoms with E-state index in [0.717, 1.165) is 0 Å². The Kier molecular flexibility index (Phi) is 6.82. The number of nitrogens with one attached hydrogen (secondary N) is 1. The molecule has 0 saturated carbocycles. The summed E-state index contributed by atoms with van der Waals surface area (Å²) in [7, 11) is 1.28. The quantitative estimate of drug-likeness (QED) is 0.176. The summed E-state index contributed by atoms with van der Waals surface area (Å²) >= 11 is 0. The van der Waals surface area contributed by atoms with Gasteiger partial charge in [0.1, 0.15) is 5.69 Å². The van der Waals surface area contributed by atoms with Crippen LogP contribution < -0.4 is 5.32 Å². The molecule has 0 atom stereocenters. The molecular formula is C27H19N7O5. The van der Waals surface area contributed by atoms with Gasteiger partial charge in [0.05, 0.1) is 30.0 Å². The molecule has 2 aromatic heterocycles. The van der Waals surface area contributed by atoms with Gasteiger partial charge in [-0.1, -0.05) is 24.3 Å². The van der Waals surface area contributed by atoms with Gasteiger partial charge in [-0.15, -0.1) is 10.2 Å². The van der Waals surface area contributed by atoms with Crippen LogP contribution in [-0.2, 0) is 4.74 Å². The van der Waals surface area contributed by atoms with Crippen molar-refractivity contribution in [3.8, 4) is 11.7 Å². The predicted octanol–water partition coefficient (Wildman–Crippen LogP) is 4.79. The van der Waals surface area contributed by atoms with Crippen LogP contribution in [0.25, 0.3) is 16.7 Å². The number of esters is 1. The molecule has 0 fully saturated rings. The number of carbonyl (C=O) groups excluding carboxylic acids is 3. The number of amides is 1. The molecule has 0 bridgehead atoms. The van der Waals surface area contributed by atoms with Crippen LogP contribution in [0.5, 0.6) is 5.75 Å². The number of aldehydes is 1. The van der Waals surface area contributed by atoms with E-state index in [4.69, 9.17) is 0 Å². The zero-order valence-corrected chi connectivity index (χ0v) is 20.3. The minimum absolute atomic E-state index is 0.0119. The molecule has 0 radical (unpaired) electrons. The number of anilines is 1. The van der Waals surface area contributed by atoms with E-state index >= 15 is 0 Å². The fourth-order valence-electron chi connectivity index (χ4n) is 3.78. The first-order valence-corrected chi connectivity index (χ1v) is 11.5. The van der Waals surface area contributed by atoms with Crippen molar-refractivity contribution in [2.24, 2.45) is 10.2 Å². The van der Waals surface area contributed by atoms with Crippen LogP contribution in [0.3, 0.4) is 0 Å². The number of aromatic hydroxyl groups is 1. The largest absolute Gasteiger partial charge is 0.505 e. The minimum Gasteiger partial charge on any atom is -0.505 e. The number of carbonyl (C=O) groups is 3. The first-order chi connectivity index (χ1) is 19.0. The maximum absolute atomic E-state index is 13.2. The summed E-state index contributed by atoms with van der Waals surface area (Å²) in [5.74, 6) is -1.33. The van der Waals surface area contributed by atoms with Gasteiger partial charge in [0.2, 0.25) is 0 Å². The predicted molar refractivity (Wildman–Crippen MR) is 140 cm³/mol. The fraction of sp³-hybridized carbons (Fsp3) is 0.0370. The highest BCUT2D eigenvalue weighted by Crippen LogP contribution is 2.40. The maximum atomic E-state index is 13.2. The van der Waals surface area contributed by atoms with Crippen LogP contribution in [0.15, 0.2) is 89.5 Å². The van der Waals surface area contributed by atoms with Gasteiger partial charge in [0.25, 0.3) is 11.9 Å². The van der Waals surface area contributed by atoms with Gasteiger partial charge in [-0.2, -0.15) is 9.78 Å². The van der Waals surface area contributed by atoms with Crippen LogP contribution in [0, 0.1) is 0 Å². The lowest BCUT2D eigenvalue weighted by Crippen LogP contribution is -2.12. The van der Waals surface area contributed by atoms with Crippen molar-refractivity contribution in [1.82, 2.24) is 19.7 Å². The van der Waals surface area contributed by atoms with E-state index in [-0.39, 0.29) is 28.6 Å². The van der Waals surface area contributed by atoms with Crippen LogP contribution in [0.1, 0.15) is 31.1 Å². The highest BCUT2D eigenvalue weighted by atomic mass is 16.5. The second-order valence-electron chi connectivity index (χ2n) is 8.07. The molecule has 0 aliphatic heterocycles. The molecule has 1 amide bonds. The van der Waals surface area contributed by atoms with Crippen molar-refractivity contribution >= 4 is 46.1 Å². The first-order valence-electron chi connectivity index (χ1n) is 11.5. The zero-order chi connectivity index (χ0) is 27.4. The molecule has 0 aliphatic rings. The zero-order valence-electron chi connectivity index (χ0n) is 20.3. The van der Waals surface area contributed by atoms with E-state index in [0.29, 0.717) is 28.3 Å². The number of benzene rings is 3. The van der Waals surface area contributed by atoms with Crippen LogP contribution in [0.4, 0.5) is 17.2 Å². The Morgan fingerprint density at radius 3 is 2.49 bits per heavy atom.